The molecule has 1 amide bonds. The number of nitrogens with one attached hydrogen (secondary N) is 1. The summed E-state index contributed by atoms with van der Waals surface area (Å²) in [7, 11) is 0. The van der Waals surface area contributed by atoms with Crippen LogP contribution in [0.15, 0.2) is 18.2 Å². The molecule has 0 aliphatic heterocycles. The molecular formula is C13H17FN2O3. The summed E-state index contributed by atoms with van der Waals surface area (Å²) in [5, 5.41) is 13.1. The summed E-state index contributed by atoms with van der Waals surface area (Å²) in [6, 6.07) is 3.13. The first-order valence-corrected chi connectivity index (χ1v) is 6.14. The Balaban J connectivity index is 2.58. The number of halogens is 1. The number of nitro groups is 1. The molecule has 0 aliphatic carbocycles. The average Bonchev–Trinajstić information content (AvgIpc) is 2.33. The maximum atomic E-state index is 13.3. The van der Waals surface area contributed by atoms with Crippen LogP contribution in [0.1, 0.15) is 37.0 Å². The third-order valence-corrected chi connectivity index (χ3v) is 2.65. The minimum atomic E-state index is -1.00. The Hall–Kier alpha value is -1.98. The van der Waals surface area contributed by atoms with E-state index in [0.29, 0.717) is 12.5 Å². The van der Waals surface area contributed by atoms with Crippen LogP contribution in [0.4, 0.5) is 10.1 Å². The second kappa shape index (κ2) is 6.82. The fourth-order valence-corrected chi connectivity index (χ4v) is 1.61. The summed E-state index contributed by atoms with van der Waals surface area (Å²) in [5.74, 6) is -0.855. The van der Waals surface area contributed by atoms with Crippen molar-refractivity contribution in [1.29, 1.82) is 0 Å². The zero-order chi connectivity index (χ0) is 14.4. The highest BCUT2D eigenvalue weighted by Gasteiger charge is 2.16. The van der Waals surface area contributed by atoms with Crippen LogP contribution in [0.25, 0.3) is 0 Å². The van der Waals surface area contributed by atoms with Crippen LogP contribution in [-0.2, 0) is 0 Å². The van der Waals surface area contributed by atoms with Crippen LogP contribution < -0.4 is 5.32 Å². The van der Waals surface area contributed by atoms with Crippen molar-refractivity contribution in [2.75, 3.05) is 6.54 Å². The molecule has 19 heavy (non-hydrogen) atoms. The van der Waals surface area contributed by atoms with Crippen molar-refractivity contribution in [3.05, 3.63) is 39.7 Å². The molecule has 5 nitrogen and oxygen atoms in total. The first-order chi connectivity index (χ1) is 8.91. The second-order valence-electron chi connectivity index (χ2n) is 4.72. The molecule has 1 rings (SSSR count). The predicted molar refractivity (Wildman–Crippen MR) is 69.5 cm³/mol. The van der Waals surface area contributed by atoms with E-state index in [0.717, 1.165) is 25.0 Å². The number of rotatable bonds is 6. The van der Waals surface area contributed by atoms with Gasteiger partial charge in [-0.05, 0) is 30.9 Å². The van der Waals surface area contributed by atoms with E-state index in [1.54, 1.807) is 0 Å². The fraction of sp³-hybridized carbons (Fsp3) is 0.462. The summed E-state index contributed by atoms with van der Waals surface area (Å²) >= 11 is 0. The van der Waals surface area contributed by atoms with Gasteiger partial charge in [-0.25, -0.2) is 0 Å². The highest BCUT2D eigenvalue weighted by molar-refractivity contribution is 5.94. The average molecular weight is 268 g/mol. The Morgan fingerprint density at radius 1 is 1.47 bits per heavy atom. The van der Waals surface area contributed by atoms with Gasteiger partial charge in [0.1, 0.15) is 0 Å². The van der Waals surface area contributed by atoms with Crippen molar-refractivity contribution < 1.29 is 14.1 Å². The Bertz CT molecular complexity index is 475. The van der Waals surface area contributed by atoms with Gasteiger partial charge in [0.25, 0.3) is 5.91 Å². The number of hydrogen-bond acceptors (Lipinski definition) is 3. The zero-order valence-electron chi connectivity index (χ0n) is 11.0. The Morgan fingerprint density at radius 2 is 2.16 bits per heavy atom. The maximum Gasteiger partial charge on any atom is 0.304 e. The molecule has 0 radical (unpaired) electrons. The second-order valence-corrected chi connectivity index (χ2v) is 4.72. The molecule has 1 aromatic carbocycles. The van der Waals surface area contributed by atoms with Gasteiger partial charge in [0.2, 0.25) is 5.82 Å². The van der Waals surface area contributed by atoms with Gasteiger partial charge < -0.3 is 5.32 Å². The minimum Gasteiger partial charge on any atom is -0.352 e. The van der Waals surface area contributed by atoms with Crippen LogP contribution in [-0.4, -0.2) is 17.4 Å². The van der Waals surface area contributed by atoms with E-state index >= 15 is 0 Å². The van der Waals surface area contributed by atoms with E-state index in [-0.39, 0.29) is 5.56 Å². The fourth-order valence-electron chi connectivity index (χ4n) is 1.61. The number of nitro benzene ring substituents is 1. The van der Waals surface area contributed by atoms with Crippen molar-refractivity contribution in [2.45, 2.75) is 26.7 Å². The van der Waals surface area contributed by atoms with E-state index in [1.165, 1.54) is 6.07 Å². The number of benzene rings is 1. The van der Waals surface area contributed by atoms with Gasteiger partial charge in [0, 0.05) is 18.2 Å². The Kier molecular flexibility index (Phi) is 5.41. The van der Waals surface area contributed by atoms with Crippen LogP contribution in [0.2, 0.25) is 0 Å². The Morgan fingerprint density at radius 3 is 2.68 bits per heavy atom. The van der Waals surface area contributed by atoms with E-state index in [4.69, 9.17) is 0 Å². The van der Waals surface area contributed by atoms with Gasteiger partial charge in [-0.15, -0.1) is 0 Å². The maximum absolute atomic E-state index is 13.3. The van der Waals surface area contributed by atoms with Crippen LogP contribution in [0.5, 0.6) is 0 Å². The third-order valence-electron chi connectivity index (χ3n) is 2.65. The smallest absolute Gasteiger partial charge is 0.304 e. The highest BCUT2D eigenvalue weighted by atomic mass is 19.1. The van der Waals surface area contributed by atoms with Gasteiger partial charge in [0.15, 0.2) is 0 Å². The molecule has 0 aromatic heterocycles. The summed E-state index contributed by atoms with van der Waals surface area (Å²) in [5.41, 5.74) is -0.538. The van der Waals surface area contributed by atoms with Crippen molar-refractivity contribution in [3.8, 4) is 0 Å². The van der Waals surface area contributed by atoms with Crippen molar-refractivity contribution >= 4 is 11.6 Å². The normalized spacial score (nSPS) is 10.5. The molecule has 1 N–H and O–H groups in total. The van der Waals surface area contributed by atoms with E-state index < -0.39 is 22.3 Å². The van der Waals surface area contributed by atoms with Gasteiger partial charge in [0.05, 0.1) is 4.92 Å². The van der Waals surface area contributed by atoms with Crippen molar-refractivity contribution in [1.82, 2.24) is 5.32 Å². The molecule has 0 heterocycles. The predicted octanol–water partition coefficient (Wildman–Crippen LogP) is 2.90. The monoisotopic (exact) mass is 268 g/mol. The molecule has 0 atom stereocenters. The van der Waals surface area contributed by atoms with Crippen molar-refractivity contribution in [2.24, 2.45) is 5.92 Å². The van der Waals surface area contributed by atoms with E-state index in [9.17, 15) is 19.3 Å². The number of amides is 1. The molecule has 1 aromatic rings. The molecule has 6 heteroatoms. The lowest BCUT2D eigenvalue weighted by Crippen LogP contribution is -2.24. The first kappa shape index (κ1) is 15.1. The lowest BCUT2D eigenvalue weighted by molar-refractivity contribution is -0.387. The third kappa shape index (κ3) is 4.65. The number of hydrogen-bond donors (Lipinski definition) is 1. The summed E-state index contributed by atoms with van der Waals surface area (Å²) < 4.78 is 13.3. The van der Waals surface area contributed by atoms with Crippen LogP contribution >= 0.6 is 0 Å². The molecule has 104 valence electrons. The summed E-state index contributed by atoms with van der Waals surface area (Å²) in [6.45, 7) is 4.69. The van der Waals surface area contributed by atoms with Crippen molar-refractivity contribution in [3.63, 3.8) is 0 Å². The SMILES string of the molecule is CC(C)CCCNC(=O)c1ccc([N+](=O)[O-])c(F)c1. The molecule has 0 saturated carbocycles. The lowest BCUT2D eigenvalue weighted by atomic mass is 10.1. The van der Waals surface area contributed by atoms with E-state index in [1.807, 2.05) is 0 Å². The van der Waals surface area contributed by atoms with E-state index in [2.05, 4.69) is 19.2 Å². The Labute approximate surface area is 111 Å². The molecular weight excluding hydrogens is 251 g/mol. The standard InChI is InChI=1S/C13H17FN2O3/c1-9(2)4-3-7-15-13(17)10-5-6-12(16(18)19)11(14)8-10/h5-6,8-9H,3-4,7H2,1-2H3,(H,15,17). The zero-order valence-corrected chi connectivity index (χ0v) is 11.0. The highest BCUT2D eigenvalue weighted by Crippen LogP contribution is 2.17. The topological polar surface area (TPSA) is 72.2 Å². The molecule has 0 bridgehead atoms. The van der Waals surface area contributed by atoms with Crippen LogP contribution in [0, 0.1) is 21.8 Å². The number of carbonyl (C=O) groups excluding carboxylic acids is 1. The van der Waals surface area contributed by atoms with Gasteiger partial charge in [-0.2, -0.15) is 4.39 Å². The molecule has 0 unspecified atom stereocenters. The number of carbonyl (C=O) groups is 1. The summed E-state index contributed by atoms with van der Waals surface area (Å²) in [6.07, 6.45) is 1.84. The lowest BCUT2D eigenvalue weighted by Gasteiger charge is -2.07. The number of nitrogens with zero attached hydrogens (tertiary/aromatic N) is 1. The summed E-state index contributed by atoms with van der Waals surface area (Å²) in [4.78, 5) is 21.3. The van der Waals surface area contributed by atoms with Crippen LogP contribution in [0.3, 0.4) is 0 Å². The van der Waals surface area contributed by atoms with Gasteiger partial charge >= 0.3 is 5.69 Å². The minimum absolute atomic E-state index is 0.0904. The molecule has 0 saturated heterocycles. The largest absolute Gasteiger partial charge is 0.352 e. The molecule has 0 fully saturated rings. The first-order valence-electron chi connectivity index (χ1n) is 6.14. The molecule has 0 spiro atoms. The molecule has 0 aliphatic rings. The van der Waals surface area contributed by atoms with Gasteiger partial charge in [-0.3, -0.25) is 14.9 Å². The quantitative estimate of drug-likeness (QED) is 0.490. The van der Waals surface area contributed by atoms with Gasteiger partial charge in [-0.1, -0.05) is 13.8 Å².